The molecule has 0 saturated carbocycles. The standard InChI is InChI=1S/C50H97NO5/c1-3-5-7-9-11-13-15-17-18-19-22-26-30-34-38-42-48(53)47(46-52)51-49(54)43-39-35-31-27-23-20-21-25-29-33-37-41-45-56-50(55)44-40-36-32-28-24-16-14-12-10-8-6-4-2/h12,14,47-48,52-53H,3-11,13,15-46H2,1-2H3,(H,51,54)/b14-12-. The van der Waals surface area contributed by atoms with E-state index >= 15 is 0 Å². The van der Waals surface area contributed by atoms with Crippen LogP contribution in [0, 0.1) is 0 Å². The normalized spacial score (nSPS) is 12.7. The zero-order valence-electron chi connectivity index (χ0n) is 37.6. The van der Waals surface area contributed by atoms with Gasteiger partial charge in [0.2, 0.25) is 5.91 Å². The van der Waals surface area contributed by atoms with E-state index in [1.54, 1.807) is 0 Å². The SMILES string of the molecule is CCCCC/C=C\CCCCCCCC(=O)OCCCCCCCCCCCCCCC(=O)NC(CO)C(O)CCCCCCCCCCCCCCCCC. The molecule has 0 fully saturated rings. The molecule has 332 valence electrons. The molecule has 0 heterocycles. The molecule has 0 saturated heterocycles. The minimum Gasteiger partial charge on any atom is -0.466 e. The molecule has 0 aliphatic carbocycles. The van der Waals surface area contributed by atoms with Crippen LogP contribution in [0.2, 0.25) is 0 Å². The fraction of sp³-hybridized carbons (Fsp3) is 0.920. The van der Waals surface area contributed by atoms with Crippen molar-refractivity contribution >= 4 is 11.9 Å². The fourth-order valence-corrected chi connectivity index (χ4v) is 7.69. The predicted octanol–water partition coefficient (Wildman–Crippen LogP) is 14.6. The zero-order valence-corrected chi connectivity index (χ0v) is 37.6. The zero-order chi connectivity index (χ0) is 40.8. The summed E-state index contributed by atoms with van der Waals surface area (Å²) in [5, 5.41) is 23.2. The number of ether oxygens (including phenoxy) is 1. The molecule has 2 atom stereocenters. The number of carbonyl (C=O) groups is 2. The molecule has 0 spiro atoms. The van der Waals surface area contributed by atoms with E-state index in [-0.39, 0.29) is 18.5 Å². The lowest BCUT2D eigenvalue weighted by atomic mass is 10.0. The van der Waals surface area contributed by atoms with Gasteiger partial charge in [-0.25, -0.2) is 0 Å². The second-order valence-corrected chi connectivity index (χ2v) is 17.1. The molecule has 0 aliphatic rings. The molecule has 56 heavy (non-hydrogen) atoms. The number of nitrogens with one attached hydrogen (secondary N) is 1. The molecule has 0 aliphatic heterocycles. The molecule has 6 nitrogen and oxygen atoms in total. The van der Waals surface area contributed by atoms with Crippen LogP contribution < -0.4 is 5.32 Å². The lowest BCUT2D eigenvalue weighted by Gasteiger charge is -2.22. The summed E-state index contributed by atoms with van der Waals surface area (Å²) >= 11 is 0. The van der Waals surface area contributed by atoms with Gasteiger partial charge in [-0.15, -0.1) is 0 Å². The second-order valence-electron chi connectivity index (χ2n) is 17.1. The summed E-state index contributed by atoms with van der Waals surface area (Å²) in [4.78, 5) is 24.4. The molecule has 3 N–H and O–H groups in total. The van der Waals surface area contributed by atoms with Gasteiger partial charge in [-0.1, -0.05) is 219 Å². The Morgan fingerprint density at radius 3 is 1.30 bits per heavy atom. The van der Waals surface area contributed by atoms with Crippen LogP contribution in [0.1, 0.15) is 271 Å². The summed E-state index contributed by atoms with van der Waals surface area (Å²) < 4.78 is 5.44. The number of hydrogen-bond acceptors (Lipinski definition) is 5. The number of esters is 1. The molecule has 0 aromatic carbocycles. The van der Waals surface area contributed by atoms with Crippen molar-refractivity contribution in [1.29, 1.82) is 0 Å². The topological polar surface area (TPSA) is 95.9 Å². The third-order valence-electron chi connectivity index (χ3n) is 11.6. The van der Waals surface area contributed by atoms with Gasteiger partial charge in [0.25, 0.3) is 0 Å². The third-order valence-corrected chi connectivity index (χ3v) is 11.6. The first kappa shape index (κ1) is 54.6. The molecular weight excluding hydrogens is 695 g/mol. The van der Waals surface area contributed by atoms with Gasteiger partial charge >= 0.3 is 5.97 Å². The van der Waals surface area contributed by atoms with E-state index < -0.39 is 12.1 Å². The Morgan fingerprint density at radius 1 is 0.482 bits per heavy atom. The smallest absolute Gasteiger partial charge is 0.305 e. The first-order chi connectivity index (χ1) is 27.5. The van der Waals surface area contributed by atoms with Crippen LogP contribution in [0.4, 0.5) is 0 Å². The van der Waals surface area contributed by atoms with Gasteiger partial charge in [0, 0.05) is 12.8 Å². The minimum absolute atomic E-state index is 0.0191. The Balaban J connectivity index is 3.47. The average Bonchev–Trinajstić information content (AvgIpc) is 3.20. The number of aliphatic hydroxyl groups is 2. The van der Waals surface area contributed by atoms with Crippen molar-refractivity contribution in [1.82, 2.24) is 5.32 Å². The van der Waals surface area contributed by atoms with E-state index in [0.717, 1.165) is 57.8 Å². The molecule has 2 unspecified atom stereocenters. The number of hydrogen-bond donors (Lipinski definition) is 3. The highest BCUT2D eigenvalue weighted by molar-refractivity contribution is 5.76. The quantitative estimate of drug-likeness (QED) is 0.0324. The van der Waals surface area contributed by atoms with Crippen molar-refractivity contribution in [3.05, 3.63) is 12.2 Å². The van der Waals surface area contributed by atoms with E-state index in [9.17, 15) is 19.8 Å². The summed E-state index contributed by atoms with van der Waals surface area (Å²) in [5.41, 5.74) is 0. The lowest BCUT2D eigenvalue weighted by Crippen LogP contribution is -2.45. The fourth-order valence-electron chi connectivity index (χ4n) is 7.69. The van der Waals surface area contributed by atoms with Crippen LogP contribution in [0.5, 0.6) is 0 Å². The van der Waals surface area contributed by atoms with E-state index in [1.165, 1.54) is 180 Å². The van der Waals surface area contributed by atoms with E-state index in [2.05, 4.69) is 31.3 Å². The van der Waals surface area contributed by atoms with Crippen molar-refractivity contribution in [2.24, 2.45) is 0 Å². The Bertz CT molecular complexity index is 832. The van der Waals surface area contributed by atoms with Crippen molar-refractivity contribution in [2.75, 3.05) is 13.2 Å². The Morgan fingerprint density at radius 2 is 0.839 bits per heavy atom. The van der Waals surface area contributed by atoms with Crippen molar-refractivity contribution < 1.29 is 24.5 Å². The van der Waals surface area contributed by atoms with Crippen LogP contribution in [0.15, 0.2) is 12.2 Å². The summed E-state index contributed by atoms with van der Waals surface area (Å²) in [7, 11) is 0. The third kappa shape index (κ3) is 42.2. The van der Waals surface area contributed by atoms with Gasteiger partial charge in [-0.2, -0.15) is 0 Å². The maximum Gasteiger partial charge on any atom is 0.305 e. The van der Waals surface area contributed by atoms with Crippen LogP contribution in [-0.2, 0) is 14.3 Å². The second kappa shape index (κ2) is 46.3. The minimum atomic E-state index is -0.673. The van der Waals surface area contributed by atoms with Gasteiger partial charge in [0.1, 0.15) is 0 Å². The predicted molar refractivity (Wildman–Crippen MR) is 241 cm³/mol. The molecule has 1 amide bonds. The van der Waals surface area contributed by atoms with Crippen molar-refractivity contribution in [3.63, 3.8) is 0 Å². The van der Waals surface area contributed by atoms with Crippen LogP contribution >= 0.6 is 0 Å². The molecule has 0 aromatic heterocycles. The summed E-state index contributed by atoms with van der Waals surface area (Å²) in [6.07, 6.45) is 51.7. The maximum atomic E-state index is 12.4. The van der Waals surface area contributed by atoms with E-state index in [0.29, 0.717) is 25.9 Å². The first-order valence-electron chi connectivity index (χ1n) is 24.9. The number of rotatable bonds is 46. The highest BCUT2D eigenvalue weighted by atomic mass is 16.5. The number of aliphatic hydroxyl groups excluding tert-OH is 2. The Kier molecular flexibility index (Phi) is 45.1. The number of amides is 1. The van der Waals surface area contributed by atoms with Crippen LogP contribution in [0.25, 0.3) is 0 Å². The summed E-state index contributed by atoms with van der Waals surface area (Å²) in [5.74, 6) is -0.0692. The number of allylic oxidation sites excluding steroid dienone is 2. The first-order valence-corrected chi connectivity index (χ1v) is 24.9. The molecule has 0 aromatic rings. The summed E-state index contributed by atoms with van der Waals surface area (Å²) in [6, 6.07) is -0.552. The highest BCUT2D eigenvalue weighted by Crippen LogP contribution is 2.16. The molecule has 0 radical (unpaired) electrons. The van der Waals surface area contributed by atoms with E-state index in [4.69, 9.17) is 4.74 Å². The van der Waals surface area contributed by atoms with Gasteiger partial charge in [0.15, 0.2) is 0 Å². The maximum absolute atomic E-state index is 12.4. The van der Waals surface area contributed by atoms with E-state index in [1.807, 2.05) is 0 Å². The van der Waals surface area contributed by atoms with Crippen molar-refractivity contribution in [2.45, 2.75) is 283 Å². The molecular formula is C50H97NO5. The number of unbranched alkanes of at least 4 members (excludes halogenated alkanes) is 33. The molecule has 0 bridgehead atoms. The largest absolute Gasteiger partial charge is 0.466 e. The monoisotopic (exact) mass is 792 g/mol. The Labute approximate surface area is 349 Å². The van der Waals surface area contributed by atoms with Crippen LogP contribution in [0.3, 0.4) is 0 Å². The Hall–Kier alpha value is -1.40. The summed E-state index contributed by atoms with van der Waals surface area (Å²) in [6.45, 7) is 4.89. The van der Waals surface area contributed by atoms with Gasteiger partial charge in [0.05, 0.1) is 25.4 Å². The highest BCUT2D eigenvalue weighted by Gasteiger charge is 2.20. The van der Waals surface area contributed by atoms with Crippen molar-refractivity contribution in [3.8, 4) is 0 Å². The average molecular weight is 792 g/mol. The van der Waals surface area contributed by atoms with Gasteiger partial charge in [-0.05, 0) is 51.4 Å². The van der Waals surface area contributed by atoms with Gasteiger partial charge in [-0.3, -0.25) is 9.59 Å². The molecule has 6 heteroatoms. The lowest BCUT2D eigenvalue weighted by molar-refractivity contribution is -0.143. The van der Waals surface area contributed by atoms with Crippen LogP contribution in [-0.4, -0.2) is 47.4 Å². The molecule has 0 rings (SSSR count). The number of carbonyl (C=O) groups excluding carboxylic acids is 2. The van der Waals surface area contributed by atoms with Gasteiger partial charge < -0.3 is 20.3 Å².